The van der Waals surface area contributed by atoms with Gasteiger partial charge in [-0.2, -0.15) is 0 Å². The van der Waals surface area contributed by atoms with Crippen molar-refractivity contribution in [1.29, 1.82) is 0 Å². The second kappa shape index (κ2) is 6.72. The van der Waals surface area contributed by atoms with Crippen LogP contribution in [0.4, 0.5) is 10.2 Å². The molecule has 0 aliphatic rings. The van der Waals surface area contributed by atoms with E-state index in [4.69, 9.17) is 0 Å². The second-order valence-corrected chi connectivity index (χ2v) is 5.73. The average Bonchev–Trinajstić information content (AvgIpc) is 2.84. The summed E-state index contributed by atoms with van der Waals surface area (Å²) in [6.07, 6.45) is 2.18. The van der Waals surface area contributed by atoms with Crippen LogP contribution >= 0.6 is 0 Å². The van der Waals surface area contributed by atoms with Gasteiger partial charge >= 0.3 is 0 Å². The SMILES string of the molecule is Cn1c(C(=O)Nc2ccc(Cc3cccc(F)c3)cn2)cc(=O)n1C. The van der Waals surface area contributed by atoms with Crippen LogP contribution in [0.15, 0.2) is 53.5 Å². The molecule has 0 aliphatic heterocycles. The Kier molecular flexibility index (Phi) is 4.47. The fourth-order valence-corrected chi connectivity index (χ4v) is 2.49. The van der Waals surface area contributed by atoms with Crippen molar-refractivity contribution in [3.8, 4) is 0 Å². The maximum Gasteiger partial charge on any atom is 0.275 e. The van der Waals surface area contributed by atoms with Crippen molar-refractivity contribution in [3.05, 3.63) is 81.7 Å². The summed E-state index contributed by atoms with van der Waals surface area (Å²) in [6, 6.07) is 11.1. The van der Waals surface area contributed by atoms with Crippen LogP contribution in [0.3, 0.4) is 0 Å². The van der Waals surface area contributed by atoms with Crippen LogP contribution in [-0.4, -0.2) is 20.3 Å². The van der Waals surface area contributed by atoms with Gasteiger partial charge in [-0.05, 0) is 35.7 Å². The van der Waals surface area contributed by atoms with Crippen molar-refractivity contribution in [2.45, 2.75) is 6.42 Å². The van der Waals surface area contributed by atoms with Crippen molar-refractivity contribution in [2.75, 3.05) is 5.32 Å². The number of hydrogen-bond donors (Lipinski definition) is 1. The summed E-state index contributed by atoms with van der Waals surface area (Å²) in [7, 11) is 3.21. The minimum atomic E-state index is -0.411. The number of benzene rings is 1. The average molecular weight is 340 g/mol. The zero-order valence-corrected chi connectivity index (χ0v) is 13.9. The lowest BCUT2D eigenvalue weighted by Gasteiger charge is -2.07. The molecule has 25 heavy (non-hydrogen) atoms. The number of amides is 1. The maximum absolute atomic E-state index is 13.2. The fourth-order valence-electron chi connectivity index (χ4n) is 2.49. The molecule has 7 heteroatoms. The Morgan fingerprint density at radius 1 is 1.12 bits per heavy atom. The Morgan fingerprint density at radius 2 is 1.92 bits per heavy atom. The molecule has 0 fully saturated rings. The third-order valence-corrected chi connectivity index (χ3v) is 3.97. The largest absolute Gasteiger partial charge is 0.305 e. The van der Waals surface area contributed by atoms with E-state index in [2.05, 4.69) is 10.3 Å². The highest BCUT2D eigenvalue weighted by Gasteiger charge is 2.14. The first-order valence-electron chi connectivity index (χ1n) is 7.68. The molecule has 0 saturated heterocycles. The lowest BCUT2D eigenvalue weighted by atomic mass is 10.1. The van der Waals surface area contributed by atoms with Gasteiger partial charge in [-0.15, -0.1) is 0 Å². The third kappa shape index (κ3) is 3.65. The molecule has 1 amide bonds. The molecule has 6 nitrogen and oxygen atoms in total. The molecule has 2 aromatic heterocycles. The van der Waals surface area contributed by atoms with Crippen LogP contribution in [0.2, 0.25) is 0 Å². The number of nitrogens with one attached hydrogen (secondary N) is 1. The van der Waals surface area contributed by atoms with Gasteiger partial charge in [0.1, 0.15) is 17.3 Å². The highest BCUT2D eigenvalue weighted by molar-refractivity contribution is 6.02. The highest BCUT2D eigenvalue weighted by atomic mass is 19.1. The summed E-state index contributed by atoms with van der Waals surface area (Å²) >= 11 is 0. The zero-order valence-electron chi connectivity index (χ0n) is 13.9. The summed E-state index contributed by atoms with van der Waals surface area (Å²) in [4.78, 5) is 28.0. The van der Waals surface area contributed by atoms with Crippen LogP contribution in [0.1, 0.15) is 21.6 Å². The van der Waals surface area contributed by atoms with Crippen LogP contribution in [0.25, 0.3) is 0 Å². The van der Waals surface area contributed by atoms with Crippen LogP contribution < -0.4 is 10.9 Å². The van der Waals surface area contributed by atoms with E-state index >= 15 is 0 Å². The van der Waals surface area contributed by atoms with Crippen LogP contribution in [0.5, 0.6) is 0 Å². The first-order valence-corrected chi connectivity index (χ1v) is 7.68. The van der Waals surface area contributed by atoms with Crippen LogP contribution in [0, 0.1) is 5.82 Å². The number of hydrogen-bond acceptors (Lipinski definition) is 3. The Labute approximate surface area is 143 Å². The highest BCUT2D eigenvalue weighted by Crippen LogP contribution is 2.12. The van der Waals surface area contributed by atoms with Gasteiger partial charge in [-0.3, -0.25) is 19.0 Å². The predicted molar refractivity (Wildman–Crippen MR) is 92.1 cm³/mol. The van der Waals surface area contributed by atoms with Gasteiger partial charge in [-0.25, -0.2) is 9.37 Å². The molecule has 1 aromatic carbocycles. The number of aromatic nitrogens is 3. The van der Waals surface area contributed by atoms with Crippen molar-refractivity contribution in [3.63, 3.8) is 0 Å². The Balaban J connectivity index is 1.71. The Hall–Kier alpha value is -3.22. The van der Waals surface area contributed by atoms with E-state index < -0.39 is 5.91 Å². The summed E-state index contributed by atoms with van der Waals surface area (Å²) in [5, 5.41) is 2.66. The molecule has 0 atom stereocenters. The quantitative estimate of drug-likeness (QED) is 0.791. The first-order chi connectivity index (χ1) is 11.9. The third-order valence-electron chi connectivity index (χ3n) is 3.97. The first kappa shape index (κ1) is 16.6. The van der Waals surface area contributed by atoms with Crippen molar-refractivity contribution in [2.24, 2.45) is 14.1 Å². The van der Waals surface area contributed by atoms with E-state index in [1.54, 1.807) is 32.4 Å². The summed E-state index contributed by atoms with van der Waals surface area (Å²) < 4.78 is 16.0. The van der Waals surface area contributed by atoms with E-state index in [0.717, 1.165) is 11.1 Å². The van der Waals surface area contributed by atoms with Crippen molar-refractivity contribution < 1.29 is 9.18 Å². The molecule has 0 spiro atoms. The molecule has 1 N–H and O–H groups in total. The minimum absolute atomic E-state index is 0.248. The predicted octanol–water partition coefficient (Wildman–Crippen LogP) is 2.10. The molecular formula is C18H17FN4O2. The van der Waals surface area contributed by atoms with Gasteiger partial charge in [0.05, 0.1) is 0 Å². The standard InChI is InChI=1S/C18H17FN4O2/c1-22-15(10-17(24)23(22)2)18(25)21-16-7-6-13(11-20-16)8-12-4-3-5-14(19)9-12/h3-7,9-11H,8H2,1-2H3,(H,20,21,25). The number of nitrogens with zero attached hydrogens (tertiary/aromatic N) is 3. The molecule has 0 radical (unpaired) electrons. The summed E-state index contributed by atoms with van der Waals surface area (Å²) in [5.74, 6) is -0.308. The van der Waals surface area contributed by atoms with Crippen LogP contribution in [-0.2, 0) is 20.5 Å². The van der Waals surface area contributed by atoms with Gasteiger partial charge in [0.2, 0.25) is 0 Å². The molecule has 3 rings (SSSR count). The Bertz CT molecular complexity index is 973. The van der Waals surface area contributed by atoms with E-state index in [0.29, 0.717) is 12.2 Å². The zero-order chi connectivity index (χ0) is 18.0. The van der Waals surface area contributed by atoms with E-state index in [-0.39, 0.29) is 17.1 Å². The minimum Gasteiger partial charge on any atom is -0.305 e. The maximum atomic E-state index is 13.2. The molecule has 0 unspecified atom stereocenters. The molecule has 3 aromatic rings. The van der Waals surface area contributed by atoms with Gasteiger partial charge in [0.25, 0.3) is 11.5 Å². The number of anilines is 1. The number of carbonyl (C=O) groups excluding carboxylic acids is 1. The Morgan fingerprint density at radius 3 is 2.52 bits per heavy atom. The normalized spacial score (nSPS) is 10.7. The molecule has 128 valence electrons. The fraction of sp³-hybridized carbons (Fsp3) is 0.167. The second-order valence-electron chi connectivity index (χ2n) is 5.73. The van der Waals surface area contributed by atoms with Gasteiger partial charge in [0.15, 0.2) is 0 Å². The van der Waals surface area contributed by atoms with Crippen molar-refractivity contribution >= 4 is 11.7 Å². The van der Waals surface area contributed by atoms with Gasteiger partial charge in [0, 0.05) is 26.4 Å². The number of halogens is 1. The summed E-state index contributed by atoms with van der Waals surface area (Å²) in [6.45, 7) is 0. The van der Waals surface area contributed by atoms with Gasteiger partial charge < -0.3 is 5.32 Å². The smallest absolute Gasteiger partial charge is 0.275 e. The van der Waals surface area contributed by atoms with Gasteiger partial charge in [-0.1, -0.05) is 18.2 Å². The molecule has 0 saturated carbocycles. The number of pyridine rings is 1. The summed E-state index contributed by atoms with van der Waals surface area (Å²) in [5.41, 5.74) is 1.73. The van der Waals surface area contributed by atoms with E-state index in [1.165, 1.54) is 27.6 Å². The number of rotatable bonds is 4. The molecule has 0 aliphatic carbocycles. The molecule has 0 bridgehead atoms. The lowest BCUT2D eigenvalue weighted by Crippen LogP contribution is -2.20. The van der Waals surface area contributed by atoms with Crippen molar-refractivity contribution in [1.82, 2.24) is 14.3 Å². The monoisotopic (exact) mass is 340 g/mol. The molecular weight excluding hydrogens is 323 g/mol. The van der Waals surface area contributed by atoms with E-state index in [9.17, 15) is 14.0 Å². The van der Waals surface area contributed by atoms with E-state index in [1.807, 2.05) is 12.1 Å². The topological polar surface area (TPSA) is 68.9 Å². The number of carbonyl (C=O) groups is 1. The molecule has 2 heterocycles. The lowest BCUT2D eigenvalue weighted by molar-refractivity contribution is 0.101.